The van der Waals surface area contributed by atoms with Gasteiger partial charge in [-0.1, -0.05) is 0 Å². The average Bonchev–Trinajstić information content (AvgIpc) is 2.95. The molecule has 0 spiro atoms. The molecular formula is C22H43N3O2. The molecule has 3 rings (SSSR count). The van der Waals surface area contributed by atoms with E-state index in [0.717, 1.165) is 58.2 Å². The summed E-state index contributed by atoms with van der Waals surface area (Å²) in [4.78, 5) is 7.94. The highest BCUT2D eigenvalue weighted by atomic mass is 16.5. The molecule has 0 aromatic rings. The van der Waals surface area contributed by atoms with Gasteiger partial charge in [-0.2, -0.15) is 0 Å². The molecule has 4 atom stereocenters. The van der Waals surface area contributed by atoms with Crippen molar-refractivity contribution in [3.63, 3.8) is 0 Å². The summed E-state index contributed by atoms with van der Waals surface area (Å²) in [5, 5.41) is 0. The molecule has 3 saturated heterocycles. The minimum atomic E-state index is 0.385. The zero-order valence-electron chi connectivity index (χ0n) is 18.2. The van der Waals surface area contributed by atoms with Crippen LogP contribution in [0.25, 0.3) is 0 Å². The maximum absolute atomic E-state index is 6.16. The summed E-state index contributed by atoms with van der Waals surface area (Å²) in [6.07, 6.45) is 5.41. The molecule has 3 aliphatic rings. The number of morpholine rings is 1. The normalized spacial score (nSPS) is 31.9. The first-order valence-corrected chi connectivity index (χ1v) is 11.4. The van der Waals surface area contributed by atoms with E-state index >= 15 is 0 Å². The predicted octanol–water partition coefficient (Wildman–Crippen LogP) is 2.70. The molecule has 0 amide bonds. The van der Waals surface area contributed by atoms with E-state index < -0.39 is 0 Å². The first-order chi connectivity index (χ1) is 13.0. The van der Waals surface area contributed by atoms with Crippen molar-refractivity contribution >= 4 is 0 Å². The molecule has 0 aromatic heterocycles. The second-order valence-corrected chi connectivity index (χ2v) is 9.40. The van der Waals surface area contributed by atoms with Gasteiger partial charge in [0.05, 0.1) is 19.3 Å². The Morgan fingerprint density at radius 1 is 0.778 bits per heavy atom. The van der Waals surface area contributed by atoms with Crippen LogP contribution in [-0.4, -0.2) is 98.0 Å². The molecule has 3 heterocycles. The minimum absolute atomic E-state index is 0.385. The topological polar surface area (TPSA) is 28.2 Å². The van der Waals surface area contributed by atoms with Gasteiger partial charge in [-0.15, -0.1) is 0 Å². The quantitative estimate of drug-likeness (QED) is 0.676. The van der Waals surface area contributed by atoms with Crippen LogP contribution >= 0.6 is 0 Å². The van der Waals surface area contributed by atoms with Crippen LogP contribution in [0.1, 0.15) is 53.4 Å². The standard InChI is InChI=1S/C22H43N3O2/c1-18(2)24-8-6-21(16-24)14-19(3)25-10-13-27-22(17-25)15-20(4)23-7-5-11-26-12-9-23/h18-22H,5-17H2,1-4H3. The van der Waals surface area contributed by atoms with Crippen molar-refractivity contribution in [3.8, 4) is 0 Å². The van der Waals surface area contributed by atoms with Crippen LogP contribution < -0.4 is 0 Å². The van der Waals surface area contributed by atoms with Gasteiger partial charge in [-0.25, -0.2) is 0 Å². The Bertz CT molecular complexity index is 426. The van der Waals surface area contributed by atoms with Crippen molar-refractivity contribution in [3.05, 3.63) is 0 Å². The van der Waals surface area contributed by atoms with E-state index in [0.29, 0.717) is 24.2 Å². The summed E-state index contributed by atoms with van der Waals surface area (Å²) in [7, 11) is 0. The molecule has 0 saturated carbocycles. The highest BCUT2D eigenvalue weighted by Crippen LogP contribution is 2.26. The van der Waals surface area contributed by atoms with Gasteiger partial charge in [-0.3, -0.25) is 9.80 Å². The maximum Gasteiger partial charge on any atom is 0.0717 e. The van der Waals surface area contributed by atoms with E-state index in [1.54, 1.807) is 0 Å². The molecule has 0 bridgehead atoms. The van der Waals surface area contributed by atoms with E-state index in [1.807, 2.05) is 0 Å². The molecule has 158 valence electrons. The highest BCUT2D eigenvalue weighted by Gasteiger charge is 2.30. The first-order valence-electron chi connectivity index (χ1n) is 11.4. The molecule has 0 radical (unpaired) electrons. The Hall–Kier alpha value is -0.200. The molecule has 3 fully saturated rings. The van der Waals surface area contributed by atoms with Crippen LogP contribution in [0, 0.1) is 5.92 Å². The van der Waals surface area contributed by atoms with Crippen molar-refractivity contribution in [2.24, 2.45) is 5.92 Å². The van der Waals surface area contributed by atoms with Crippen molar-refractivity contribution in [1.82, 2.24) is 14.7 Å². The highest BCUT2D eigenvalue weighted by molar-refractivity contribution is 4.84. The van der Waals surface area contributed by atoms with Crippen molar-refractivity contribution < 1.29 is 9.47 Å². The zero-order valence-corrected chi connectivity index (χ0v) is 18.2. The van der Waals surface area contributed by atoms with E-state index in [1.165, 1.54) is 32.5 Å². The van der Waals surface area contributed by atoms with Gasteiger partial charge in [0, 0.05) is 57.5 Å². The third-order valence-corrected chi connectivity index (χ3v) is 7.00. The number of likely N-dealkylation sites (tertiary alicyclic amines) is 1. The second kappa shape index (κ2) is 10.5. The van der Waals surface area contributed by atoms with Crippen molar-refractivity contribution in [1.29, 1.82) is 0 Å². The molecule has 5 heteroatoms. The lowest BCUT2D eigenvalue weighted by atomic mass is 9.98. The van der Waals surface area contributed by atoms with Crippen LogP contribution in [0.2, 0.25) is 0 Å². The smallest absolute Gasteiger partial charge is 0.0717 e. The Balaban J connectivity index is 1.43. The summed E-state index contributed by atoms with van der Waals surface area (Å²) < 4.78 is 11.8. The monoisotopic (exact) mass is 381 g/mol. The predicted molar refractivity (Wildman–Crippen MR) is 111 cm³/mol. The Labute approximate surface area is 167 Å². The van der Waals surface area contributed by atoms with E-state index in [-0.39, 0.29) is 0 Å². The molecule has 0 N–H and O–H groups in total. The van der Waals surface area contributed by atoms with Crippen LogP contribution in [0.5, 0.6) is 0 Å². The van der Waals surface area contributed by atoms with E-state index in [2.05, 4.69) is 42.4 Å². The lowest BCUT2D eigenvalue weighted by molar-refractivity contribution is -0.0558. The van der Waals surface area contributed by atoms with E-state index in [4.69, 9.17) is 9.47 Å². The molecule has 5 nitrogen and oxygen atoms in total. The summed E-state index contributed by atoms with van der Waals surface area (Å²) in [5.74, 6) is 0.875. The van der Waals surface area contributed by atoms with Crippen LogP contribution in [0.3, 0.4) is 0 Å². The Kier molecular flexibility index (Phi) is 8.40. The zero-order chi connectivity index (χ0) is 19.2. The molecule has 3 aliphatic heterocycles. The lowest BCUT2D eigenvalue weighted by Gasteiger charge is -2.39. The SMILES string of the molecule is CC(C)N1CCC(CC(C)N2CCOC(CC(C)N3CCCOCC3)C2)C1. The summed E-state index contributed by atoms with van der Waals surface area (Å²) in [5.41, 5.74) is 0. The molecule has 0 aromatic carbocycles. The molecule has 27 heavy (non-hydrogen) atoms. The van der Waals surface area contributed by atoms with Gasteiger partial charge >= 0.3 is 0 Å². The number of rotatable bonds is 7. The van der Waals surface area contributed by atoms with Crippen LogP contribution in [0.15, 0.2) is 0 Å². The van der Waals surface area contributed by atoms with Gasteiger partial charge in [0.15, 0.2) is 0 Å². The minimum Gasteiger partial charge on any atom is -0.380 e. The van der Waals surface area contributed by atoms with Gasteiger partial charge in [0.25, 0.3) is 0 Å². The molecule has 4 unspecified atom stereocenters. The fourth-order valence-corrected chi connectivity index (χ4v) is 5.18. The van der Waals surface area contributed by atoms with Gasteiger partial charge in [0.2, 0.25) is 0 Å². The first kappa shape index (κ1) is 21.5. The van der Waals surface area contributed by atoms with Crippen LogP contribution in [-0.2, 0) is 9.47 Å². The fraction of sp³-hybridized carbons (Fsp3) is 1.00. The van der Waals surface area contributed by atoms with Crippen molar-refractivity contribution in [2.45, 2.75) is 77.6 Å². The number of ether oxygens (including phenoxy) is 2. The third-order valence-electron chi connectivity index (χ3n) is 7.00. The lowest BCUT2D eigenvalue weighted by Crippen LogP contribution is -2.49. The Morgan fingerprint density at radius 3 is 2.33 bits per heavy atom. The largest absolute Gasteiger partial charge is 0.380 e. The second-order valence-electron chi connectivity index (χ2n) is 9.40. The fourth-order valence-electron chi connectivity index (χ4n) is 5.18. The van der Waals surface area contributed by atoms with Crippen LogP contribution in [0.4, 0.5) is 0 Å². The van der Waals surface area contributed by atoms with Gasteiger partial charge in [-0.05, 0) is 65.8 Å². The summed E-state index contributed by atoms with van der Waals surface area (Å²) >= 11 is 0. The van der Waals surface area contributed by atoms with Crippen molar-refractivity contribution in [2.75, 3.05) is 59.1 Å². The number of hydrogen-bond donors (Lipinski definition) is 0. The molecule has 0 aliphatic carbocycles. The number of hydrogen-bond acceptors (Lipinski definition) is 5. The summed E-state index contributed by atoms with van der Waals surface area (Å²) in [6.45, 7) is 19.2. The third kappa shape index (κ3) is 6.40. The number of nitrogens with zero attached hydrogens (tertiary/aromatic N) is 3. The maximum atomic E-state index is 6.16. The van der Waals surface area contributed by atoms with E-state index in [9.17, 15) is 0 Å². The molecular weight excluding hydrogens is 338 g/mol. The Morgan fingerprint density at radius 2 is 1.56 bits per heavy atom. The average molecular weight is 382 g/mol. The summed E-state index contributed by atoms with van der Waals surface area (Å²) in [6, 6.07) is 1.96. The van der Waals surface area contributed by atoms with Gasteiger partial charge in [0.1, 0.15) is 0 Å². The van der Waals surface area contributed by atoms with Gasteiger partial charge < -0.3 is 14.4 Å².